The lowest BCUT2D eigenvalue weighted by Crippen LogP contribution is -2.11. The van der Waals surface area contributed by atoms with Gasteiger partial charge >= 0.3 is 0 Å². The number of aromatic nitrogens is 1. The molecule has 0 spiro atoms. The molecule has 0 aliphatic heterocycles. The van der Waals surface area contributed by atoms with Crippen LogP contribution in [0.3, 0.4) is 0 Å². The zero-order valence-corrected chi connectivity index (χ0v) is 12.0. The van der Waals surface area contributed by atoms with Crippen molar-refractivity contribution >= 4 is 22.4 Å². The fourth-order valence-electron chi connectivity index (χ4n) is 1.91. The van der Waals surface area contributed by atoms with Gasteiger partial charge in [-0.25, -0.2) is 13.8 Å². The monoisotopic (exact) mass is 316 g/mol. The number of anilines is 1. The van der Waals surface area contributed by atoms with Gasteiger partial charge in [0.15, 0.2) is 5.13 Å². The van der Waals surface area contributed by atoms with Gasteiger partial charge in [-0.1, -0.05) is 18.2 Å². The number of nitrogens with one attached hydrogen (secondary N) is 1. The Labute approximate surface area is 129 Å². The molecule has 1 N–H and O–H groups in total. The summed E-state index contributed by atoms with van der Waals surface area (Å²) in [4.78, 5) is 16.2. The van der Waals surface area contributed by atoms with Crippen LogP contribution < -0.4 is 5.32 Å². The second kappa shape index (κ2) is 6.03. The van der Waals surface area contributed by atoms with Crippen LogP contribution in [0.25, 0.3) is 11.3 Å². The Morgan fingerprint density at radius 2 is 1.77 bits per heavy atom. The predicted octanol–water partition coefficient (Wildman–Crippen LogP) is 4.34. The third-order valence-electron chi connectivity index (χ3n) is 2.93. The molecule has 3 aromatic rings. The SMILES string of the molecule is O=C(Nc1nc(-c2cccc(F)c2)cs1)c1cccc(F)c1. The Morgan fingerprint density at radius 1 is 1.05 bits per heavy atom. The molecule has 110 valence electrons. The maximum absolute atomic E-state index is 13.2. The van der Waals surface area contributed by atoms with Gasteiger partial charge in [0.05, 0.1) is 5.69 Å². The molecule has 0 fully saturated rings. The number of thiazole rings is 1. The van der Waals surface area contributed by atoms with E-state index in [1.54, 1.807) is 17.5 Å². The van der Waals surface area contributed by atoms with E-state index in [4.69, 9.17) is 0 Å². The van der Waals surface area contributed by atoms with Crippen LogP contribution >= 0.6 is 11.3 Å². The molecule has 0 saturated carbocycles. The van der Waals surface area contributed by atoms with Crippen LogP contribution in [0.5, 0.6) is 0 Å². The molecule has 22 heavy (non-hydrogen) atoms. The van der Waals surface area contributed by atoms with Crippen LogP contribution in [-0.2, 0) is 0 Å². The number of rotatable bonds is 3. The Hall–Kier alpha value is -2.60. The standard InChI is InChI=1S/C16H10F2N2OS/c17-12-5-1-3-10(7-12)14-9-22-16(19-14)20-15(21)11-4-2-6-13(18)8-11/h1-9H,(H,19,20,21). The van der Waals surface area contributed by atoms with Gasteiger partial charge in [-0.2, -0.15) is 0 Å². The van der Waals surface area contributed by atoms with Gasteiger partial charge in [0.1, 0.15) is 11.6 Å². The van der Waals surface area contributed by atoms with Gasteiger partial charge in [-0.15, -0.1) is 11.3 Å². The van der Waals surface area contributed by atoms with Gasteiger partial charge < -0.3 is 0 Å². The van der Waals surface area contributed by atoms with Crippen LogP contribution in [0.1, 0.15) is 10.4 Å². The van der Waals surface area contributed by atoms with Gasteiger partial charge in [-0.05, 0) is 30.3 Å². The third kappa shape index (κ3) is 3.17. The summed E-state index contributed by atoms with van der Waals surface area (Å²) in [5, 5.41) is 4.69. The first-order chi connectivity index (χ1) is 10.6. The normalized spacial score (nSPS) is 10.5. The van der Waals surface area contributed by atoms with Crippen molar-refractivity contribution in [2.45, 2.75) is 0 Å². The Bertz CT molecular complexity index is 832. The number of carbonyl (C=O) groups is 1. The molecule has 6 heteroatoms. The average molecular weight is 316 g/mol. The number of amides is 1. The fraction of sp³-hybridized carbons (Fsp3) is 0. The quantitative estimate of drug-likeness (QED) is 0.781. The lowest BCUT2D eigenvalue weighted by Gasteiger charge is -2.01. The number of hydrogen-bond acceptors (Lipinski definition) is 3. The highest BCUT2D eigenvalue weighted by molar-refractivity contribution is 7.14. The van der Waals surface area contributed by atoms with E-state index < -0.39 is 11.7 Å². The summed E-state index contributed by atoms with van der Waals surface area (Å²) in [6.45, 7) is 0. The topological polar surface area (TPSA) is 42.0 Å². The molecule has 1 amide bonds. The van der Waals surface area contributed by atoms with Gasteiger partial charge in [0.2, 0.25) is 0 Å². The molecule has 1 aromatic heterocycles. The van der Waals surface area contributed by atoms with E-state index in [0.29, 0.717) is 16.4 Å². The molecule has 3 nitrogen and oxygen atoms in total. The Kier molecular flexibility index (Phi) is 3.93. The third-order valence-corrected chi connectivity index (χ3v) is 3.69. The first-order valence-electron chi connectivity index (χ1n) is 6.40. The van der Waals surface area contributed by atoms with Gasteiger partial charge in [-0.3, -0.25) is 10.1 Å². The molecular formula is C16H10F2N2OS. The van der Waals surface area contributed by atoms with Crippen LogP contribution in [0.4, 0.5) is 13.9 Å². The number of halogens is 2. The largest absolute Gasteiger partial charge is 0.298 e. The summed E-state index contributed by atoms with van der Waals surface area (Å²) < 4.78 is 26.3. The van der Waals surface area contributed by atoms with Crippen molar-refractivity contribution in [2.75, 3.05) is 5.32 Å². The highest BCUT2D eigenvalue weighted by Crippen LogP contribution is 2.25. The summed E-state index contributed by atoms with van der Waals surface area (Å²) in [7, 11) is 0. The van der Waals surface area contributed by atoms with E-state index >= 15 is 0 Å². The number of hydrogen-bond donors (Lipinski definition) is 1. The molecular weight excluding hydrogens is 306 g/mol. The Balaban J connectivity index is 1.78. The highest BCUT2D eigenvalue weighted by Gasteiger charge is 2.10. The van der Waals surface area contributed by atoms with E-state index in [1.165, 1.54) is 41.7 Å². The molecule has 0 saturated heterocycles. The Morgan fingerprint density at radius 3 is 2.50 bits per heavy atom. The first-order valence-corrected chi connectivity index (χ1v) is 7.28. The molecule has 0 atom stereocenters. The van der Waals surface area contributed by atoms with E-state index in [0.717, 1.165) is 6.07 Å². The second-order valence-corrected chi connectivity index (χ2v) is 5.37. The van der Waals surface area contributed by atoms with Crippen LogP contribution in [0.2, 0.25) is 0 Å². The van der Waals surface area contributed by atoms with Crippen molar-refractivity contribution in [3.8, 4) is 11.3 Å². The molecule has 2 aromatic carbocycles. The van der Waals surface area contributed by atoms with E-state index in [2.05, 4.69) is 10.3 Å². The summed E-state index contributed by atoms with van der Waals surface area (Å²) >= 11 is 1.22. The summed E-state index contributed by atoms with van der Waals surface area (Å²) in [5.74, 6) is -1.28. The molecule has 0 radical (unpaired) electrons. The second-order valence-electron chi connectivity index (χ2n) is 4.51. The molecule has 0 aliphatic rings. The zero-order chi connectivity index (χ0) is 15.5. The van der Waals surface area contributed by atoms with Gasteiger partial charge in [0, 0.05) is 16.5 Å². The van der Waals surface area contributed by atoms with E-state index in [9.17, 15) is 13.6 Å². The van der Waals surface area contributed by atoms with Crippen LogP contribution in [0, 0.1) is 11.6 Å². The summed E-state index contributed by atoms with van der Waals surface area (Å²) in [6, 6.07) is 11.4. The maximum atomic E-state index is 13.2. The number of carbonyl (C=O) groups excluding carboxylic acids is 1. The maximum Gasteiger partial charge on any atom is 0.257 e. The molecule has 0 aliphatic carbocycles. The minimum Gasteiger partial charge on any atom is -0.298 e. The highest BCUT2D eigenvalue weighted by atomic mass is 32.1. The van der Waals surface area contributed by atoms with Crippen molar-refractivity contribution in [3.63, 3.8) is 0 Å². The van der Waals surface area contributed by atoms with Crippen LogP contribution in [-0.4, -0.2) is 10.9 Å². The molecule has 3 rings (SSSR count). The predicted molar refractivity (Wildman–Crippen MR) is 81.9 cm³/mol. The van der Waals surface area contributed by atoms with E-state index in [-0.39, 0.29) is 11.4 Å². The molecule has 0 bridgehead atoms. The first kappa shape index (κ1) is 14.3. The van der Waals surface area contributed by atoms with Crippen molar-refractivity contribution in [2.24, 2.45) is 0 Å². The zero-order valence-electron chi connectivity index (χ0n) is 11.2. The number of benzene rings is 2. The lowest BCUT2D eigenvalue weighted by molar-refractivity contribution is 0.102. The number of nitrogens with zero attached hydrogens (tertiary/aromatic N) is 1. The van der Waals surface area contributed by atoms with Crippen molar-refractivity contribution in [1.82, 2.24) is 4.98 Å². The van der Waals surface area contributed by atoms with Crippen molar-refractivity contribution in [3.05, 3.63) is 71.1 Å². The minimum absolute atomic E-state index is 0.211. The fourth-order valence-corrected chi connectivity index (χ4v) is 2.63. The van der Waals surface area contributed by atoms with Crippen LogP contribution in [0.15, 0.2) is 53.9 Å². The average Bonchev–Trinajstić information content (AvgIpc) is 2.96. The molecule has 0 unspecified atom stereocenters. The summed E-state index contributed by atoms with van der Waals surface area (Å²) in [6.07, 6.45) is 0. The van der Waals surface area contributed by atoms with Crippen molar-refractivity contribution in [1.29, 1.82) is 0 Å². The summed E-state index contributed by atoms with van der Waals surface area (Å²) in [5.41, 5.74) is 1.41. The minimum atomic E-state index is -0.479. The van der Waals surface area contributed by atoms with Crippen molar-refractivity contribution < 1.29 is 13.6 Å². The molecule has 1 heterocycles. The smallest absolute Gasteiger partial charge is 0.257 e. The lowest BCUT2D eigenvalue weighted by atomic mass is 10.2. The van der Waals surface area contributed by atoms with E-state index in [1.807, 2.05) is 0 Å². The van der Waals surface area contributed by atoms with Gasteiger partial charge in [0.25, 0.3) is 5.91 Å².